The summed E-state index contributed by atoms with van der Waals surface area (Å²) in [6.07, 6.45) is 1.18. The molecule has 1 saturated heterocycles. The second kappa shape index (κ2) is 5.59. The van der Waals surface area contributed by atoms with Crippen molar-refractivity contribution in [3.05, 3.63) is 28.2 Å². The zero-order valence-electron chi connectivity index (χ0n) is 9.93. The monoisotopic (exact) mass is 333 g/mol. The normalized spacial score (nSPS) is 17.8. The van der Waals surface area contributed by atoms with Gasteiger partial charge in [-0.2, -0.15) is 0 Å². The molecule has 1 heterocycles. The Morgan fingerprint density at radius 2 is 2.00 bits per heavy atom. The first kappa shape index (κ1) is 13.8. The van der Waals surface area contributed by atoms with Crippen molar-refractivity contribution in [2.24, 2.45) is 0 Å². The zero-order chi connectivity index (χ0) is 13.2. The molecule has 0 unspecified atom stereocenters. The lowest BCUT2D eigenvalue weighted by molar-refractivity contribution is 0.0983. The molecular weight excluding hydrogens is 318 g/mol. The van der Waals surface area contributed by atoms with Gasteiger partial charge in [-0.05, 0) is 30.5 Å². The minimum atomic E-state index is -3.12. The number of anilines is 1. The highest BCUT2D eigenvalue weighted by molar-refractivity contribution is 9.10. The number of rotatable bonds is 3. The maximum absolute atomic E-state index is 12.3. The number of ether oxygens (including phenoxy) is 1. The van der Waals surface area contributed by atoms with Gasteiger partial charge in [0, 0.05) is 23.4 Å². The first-order chi connectivity index (χ1) is 8.49. The fraction of sp³-hybridized carbons (Fsp3) is 0.500. The lowest BCUT2D eigenvalue weighted by atomic mass is 10.2. The number of nitrogens with two attached hydrogens (primary N) is 1. The summed E-state index contributed by atoms with van der Waals surface area (Å²) in [5.41, 5.74) is 7.02. The fourth-order valence-electron chi connectivity index (χ4n) is 2.05. The molecule has 0 radical (unpaired) electrons. The molecule has 1 fully saturated rings. The Kier molecular flexibility index (Phi) is 4.29. The summed E-state index contributed by atoms with van der Waals surface area (Å²) < 4.78 is 30.5. The van der Waals surface area contributed by atoms with Gasteiger partial charge in [0.25, 0.3) is 0 Å². The summed E-state index contributed by atoms with van der Waals surface area (Å²) >= 11 is 3.35. The maximum Gasteiger partial charge on any atom is 0.157 e. The van der Waals surface area contributed by atoms with Gasteiger partial charge in [-0.15, -0.1) is 0 Å². The van der Waals surface area contributed by atoms with Crippen LogP contribution in [0.25, 0.3) is 0 Å². The Hall–Kier alpha value is -0.590. The van der Waals surface area contributed by atoms with Crippen LogP contribution >= 0.6 is 15.9 Å². The van der Waals surface area contributed by atoms with E-state index in [0.717, 1.165) is 10.0 Å². The summed E-state index contributed by atoms with van der Waals surface area (Å²) in [6, 6.07) is 5.21. The minimum Gasteiger partial charge on any atom is -0.399 e. The SMILES string of the molecule is Nc1ccc(CS(=O)(=O)C2CCOCC2)c(Br)c1. The summed E-state index contributed by atoms with van der Waals surface area (Å²) in [4.78, 5) is 0. The average molecular weight is 334 g/mol. The van der Waals surface area contributed by atoms with E-state index in [1.54, 1.807) is 18.2 Å². The van der Waals surface area contributed by atoms with E-state index in [1.165, 1.54) is 0 Å². The van der Waals surface area contributed by atoms with E-state index in [0.29, 0.717) is 31.7 Å². The Morgan fingerprint density at radius 3 is 2.61 bits per heavy atom. The topological polar surface area (TPSA) is 69.4 Å². The Morgan fingerprint density at radius 1 is 1.33 bits per heavy atom. The summed E-state index contributed by atoms with van der Waals surface area (Å²) in [5, 5.41) is -0.282. The first-order valence-corrected chi connectivity index (χ1v) is 8.33. The molecule has 1 aliphatic rings. The summed E-state index contributed by atoms with van der Waals surface area (Å²) in [5.74, 6) is 0.0541. The van der Waals surface area contributed by atoms with Crippen LogP contribution in [0.5, 0.6) is 0 Å². The van der Waals surface area contributed by atoms with Gasteiger partial charge in [0.2, 0.25) is 0 Å². The molecule has 0 saturated carbocycles. The predicted molar refractivity (Wildman–Crippen MR) is 75.0 cm³/mol. The number of benzene rings is 1. The van der Waals surface area contributed by atoms with Gasteiger partial charge in [-0.25, -0.2) is 8.42 Å². The van der Waals surface area contributed by atoms with Crippen LogP contribution < -0.4 is 5.73 Å². The van der Waals surface area contributed by atoms with Crippen LogP contribution in [0.2, 0.25) is 0 Å². The van der Waals surface area contributed by atoms with E-state index < -0.39 is 9.84 Å². The molecule has 6 heteroatoms. The van der Waals surface area contributed by atoms with Crippen molar-refractivity contribution in [2.45, 2.75) is 23.8 Å². The molecule has 2 rings (SSSR count). The highest BCUT2D eigenvalue weighted by Crippen LogP contribution is 2.25. The van der Waals surface area contributed by atoms with Crippen molar-refractivity contribution in [1.82, 2.24) is 0 Å². The van der Waals surface area contributed by atoms with Gasteiger partial charge in [0.05, 0.1) is 11.0 Å². The first-order valence-electron chi connectivity index (χ1n) is 5.82. The van der Waals surface area contributed by atoms with E-state index in [4.69, 9.17) is 10.5 Å². The standard InChI is InChI=1S/C12H16BrNO3S/c13-12-7-10(14)2-1-9(12)8-18(15,16)11-3-5-17-6-4-11/h1-2,7,11H,3-6,8,14H2. The Bertz CT molecular complexity index is 524. The van der Waals surface area contributed by atoms with E-state index in [2.05, 4.69) is 15.9 Å². The number of hydrogen-bond acceptors (Lipinski definition) is 4. The zero-order valence-corrected chi connectivity index (χ0v) is 12.3. The molecule has 1 aliphatic heterocycles. The molecule has 0 spiro atoms. The van der Waals surface area contributed by atoms with Crippen LogP contribution in [0.4, 0.5) is 5.69 Å². The van der Waals surface area contributed by atoms with Crippen LogP contribution in [0, 0.1) is 0 Å². The van der Waals surface area contributed by atoms with Gasteiger partial charge in [-0.1, -0.05) is 22.0 Å². The van der Waals surface area contributed by atoms with Crippen molar-refractivity contribution in [1.29, 1.82) is 0 Å². The minimum absolute atomic E-state index is 0.0541. The van der Waals surface area contributed by atoms with Gasteiger partial charge in [0.15, 0.2) is 9.84 Å². The van der Waals surface area contributed by atoms with Crippen molar-refractivity contribution < 1.29 is 13.2 Å². The molecule has 0 amide bonds. The third-order valence-corrected chi connectivity index (χ3v) is 6.05. The van der Waals surface area contributed by atoms with E-state index in [-0.39, 0.29) is 11.0 Å². The van der Waals surface area contributed by atoms with Crippen LogP contribution in [-0.4, -0.2) is 26.9 Å². The number of nitrogen functional groups attached to an aromatic ring is 1. The molecular formula is C12H16BrNO3S. The fourth-order valence-corrected chi connectivity index (χ4v) is 4.60. The molecule has 1 aromatic rings. The van der Waals surface area contributed by atoms with Gasteiger partial charge in [0.1, 0.15) is 0 Å². The van der Waals surface area contributed by atoms with Crippen LogP contribution in [0.1, 0.15) is 18.4 Å². The van der Waals surface area contributed by atoms with Crippen molar-refractivity contribution >= 4 is 31.5 Å². The molecule has 4 nitrogen and oxygen atoms in total. The molecule has 1 aromatic carbocycles. The molecule has 2 N–H and O–H groups in total. The second-order valence-electron chi connectivity index (χ2n) is 4.47. The number of hydrogen-bond donors (Lipinski definition) is 1. The maximum atomic E-state index is 12.3. The van der Waals surface area contributed by atoms with Crippen LogP contribution in [-0.2, 0) is 20.3 Å². The van der Waals surface area contributed by atoms with E-state index in [1.807, 2.05) is 0 Å². The third-order valence-electron chi connectivity index (χ3n) is 3.11. The third kappa shape index (κ3) is 3.24. The van der Waals surface area contributed by atoms with Gasteiger partial charge < -0.3 is 10.5 Å². The van der Waals surface area contributed by atoms with Crippen LogP contribution in [0.15, 0.2) is 22.7 Å². The highest BCUT2D eigenvalue weighted by Gasteiger charge is 2.28. The Balaban J connectivity index is 2.16. The van der Waals surface area contributed by atoms with E-state index >= 15 is 0 Å². The van der Waals surface area contributed by atoms with Gasteiger partial charge >= 0.3 is 0 Å². The predicted octanol–water partition coefficient (Wildman–Crippen LogP) is 2.13. The lowest BCUT2D eigenvalue weighted by Gasteiger charge is -2.22. The molecule has 0 aliphatic carbocycles. The summed E-state index contributed by atoms with van der Waals surface area (Å²) in [6.45, 7) is 1.07. The number of halogens is 1. The number of sulfone groups is 1. The second-order valence-corrected chi connectivity index (χ2v) is 7.61. The average Bonchev–Trinajstić information content (AvgIpc) is 2.34. The molecule has 0 atom stereocenters. The van der Waals surface area contributed by atoms with Gasteiger partial charge in [-0.3, -0.25) is 0 Å². The highest BCUT2D eigenvalue weighted by atomic mass is 79.9. The molecule has 0 bridgehead atoms. The lowest BCUT2D eigenvalue weighted by Crippen LogP contribution is -2.29. The van der Waals surface area contributed by atoms with Crippen molar-refractivity contribution in [3.8, 4) is 0 Å². The van der Waals surface area contributed by atoms with Crippen molar-refractivity contribution in [3.63, 3.8) is 0 Å². The quantitative estimate of drug-likeness (QED) is 0.860. The molecule has 100 valence electrons. The smallest absolute Gasteiger partial charge is 0.157 e. The summed E-state index contributed by atoms with van der Waals surface area (Å²) in [7, 11) is -3.12. The van der Waals surface area contributed by atoms with Crippen molar-refractivity contribution in [2.75, 3.05) is 18.9 Å². The van der Waals surface area contributed by atoms with Crippen LogP contribution in [0.3, 0.4) is 0 Å². The molecule has 18 heavy (non-hydrogen) atoms. The molecule has 0 aromatic heterocycles. The van der Waals surface area contributed by atoms with E-state index in [9.17, 15) is 8.42 Å². The largest absolute Gasteiger partial charge is 0.399 e. The Labute approximate surface area is 116 Å².